The van der Waals surface area contributed by atoms with E-state index >= 15 is 0 Å². The molecule has 8 nitrogen and oxygen atoms in total. The molecule has 0 saturated heterocycles. The zero-order chi connectivity index (χ0) is 19.6. The summed E-state index contributed by atoms with van der Waals surface area (Å²) < 4.78 is 14.1. The Hall–Kier alpha value is -4.06. The van der Waals surface area contributed by atoms with Crippen molar-refractivity contribution in [2.45, 2.75) is 6.92 Å². The van der Waals surface area contributed by atoms with Crippen molar-refractivity contribution in [2.75, 3.05) is 5.32 Å². The van der Waals surface area contributed by atoms with Crippen LogP contribution < -0.4 is 15.6 Å². The first-order valence-corrected chi connectivity index (χ1v) is 7.68. The summed E-state index contributed by atoms with van der Waals surface area (Å²) in [5.41, 5.74) is -0.0581. The monoisotopic (exact) mass is 366 g/mol. The van der Waals surface area contributed by atoms with Gasteiger partial charge < -0.3 is 15.3 Å². The lowest BCUT2D eigenvalue weighted by atomic mass is 10.2. The van der Waals surface area contributed by atoms with Gasteiger partial charge in [0, 0.05) is 11.8 Å². The first-order chi connectivity index (χ1) is 12.9. The molecule has 3 aromatic rings. The van der Waals surface area contributed by atoms with Gasteiger partial charge in [-0.3, -0.25) is 9.59 Å². The van der Waals surface area contributed by atoms with Crippen LogP contribution in [0.2, 0.25) is 0 Å². The molecule has 0 saturated carbocycles. The van der Waals surface area contributed by atoms with E-state index < -0.39 is 28.6 Å². The van der Waals surface area contributed by atoms with Crippen molar-refractivity contribution in [2.24, 2.45) is 0 Å². The zero-order valence-corrected chi connectivity index (χ0v) is 14.0. The van der Waals surface area contributed by atoms with E-state index in [1.807, 2.05) is 0 Å². The fraction of sp³-hybridized carbons (Fsp3) is 0.0556. The second kappa shape index (κ2) is 7.05. The van der Waals surface area contributed by atoms with Crippen LogP contribution in [0, 0.1) is 19.3 Å². The molecule has 27 heavy (non-hydrogen) atoms. The van der Waals surface area contributed by atoms with Gasteiger partial charge in [-0.25, -0.2) is 4.39 Å². The lowest BCUT2D eigenvalue weighted by Gasteiger charge is -2.05. The number of halogens is 1. The van der Waals surface area contributed by atoms with Crippen molar-refractivity contribution in [1.29, 1.82) is 0 Å². The quantitative estimate of drug-likeness (QED) is 0.487. The maximum absolute atomic E-state index is 12.9. The number of nitrogens with zero attached hydrogens (tertiary/aromatic N) is 3. The molecule has 0 unspecified atom stereocenters. The van der Waals surface area contributed by atoms with E-state index in [-0.39, 0.29) is 11.5 Å². The molecular weight excluding hydrogens is 353 g/mol. The third-order valence-electron chi connectivity index (χ3n) is 3.71. The van der Waals surface area contributed by atoms with Crippen LogP contribution in [0.3, 0.4) is 0 Å². The maximum Gasteiger partial charge on any atom is 0.315 e. The van der Waals surface area contributed by atoms with Crippen molar-refractivity contribution in [3.63, 3.8) is 0 Å². The largest absolute Gasteiger partial charge is 0.502 e. The van der Waals surface area contributed by atoms with Gasteiger partial charge in [0.1, 0.15) is 5.82 Å². The SMILES string of the molecule is [C-]#[N+]c1ncc(-[n+]2cc(O)c(C(=O)Nc3ccc(F)cc3)c(=O)[nH]2)cc1C. The lowest BCUT2D eigenvalue weighted by molar-refractivity contribution is -0.661. The van der Waals surface area contributed by atoms with Crippen LogP contribution in [-0.2, 0) is 0 Å². The fourth-order valence-electron chi connectivity index (χ4n) is 2.39. The van der Waals surface area contributed by atoms with Gasteiger partial charge in [-0.15, -0.1) is 10.1 Å². The summed E-state index contributed by atoms with van der Waals surface area (Å²) in [6, 6.07) is 6.57. The number of aromatic nitrogens is 3. The van der Waals surface area contributed by atoms with Gasteiger partial charge in [-0.1, -0.05) is 11.3 Å². The number of anilines is 1. The van der Waals surface area contributed by atoms with E-state index in [1.165, 1.54) is 23.0 Å². The van der Waals surface area contributed by atoms with Crippen LogP contribution in [0.4, 0.5) is 15.9 Å². The number of hydrogen-bond acceptors (Lipinski definition) is 4. The van der Waals surface area contributed by atoms with E-state index in [1.54, 1.807) is 13.0 Å². The number of hydrogen-bond donors (Lipinski definition) is 3. The molecule has 0 aliphatic rings. The summed E-state index contributed by atoms with van der Waals surface area (Å²) in [6.07, 6.45) is 2.50. The third-order valence-corrected chi connectivity index (χ3v) is 3.71. The number of rotatable bonds is 3. The summed E-state index contributed by atoms with van der Waals surface area (Å²) in [5, 5.41) is 15.0. The van der Waals surface area contributed by atoms with Crippen LogP contribution in [0.25, 0.3) is 10.5 Å². The number of aromatic amines is 1. The Bertz CT molecular complexity index is 1130. The van der Waals surface area contributed by atoms with Gasteiger partial charge in [0.2, 0.25) is 11.9 Å². The predicted molar refractivity (Wildman–Crippen MR) is 93.4 cm³/mol. The Morgan fingerprint density at radius 2 is 2.07 bits per heavy atom. The molecule has 9 heteroatoms. The average Bonchev–Trinajstić information content (AvgIpc) is 2.63. The summed E-state index contributed by atoms with van der Waals surface area (Å²) in [7, 11) is 0. The highest BCUT2D eigenvalue weighted by Crippen LogP contribution is 2.17. The van der Waals surface area contributed by atoms with E-state index in [4.69, 9.17) is 6.57 Å². The summed E-state index contributed by atoms with van der Waals surface area (Å²) in [5.74, 6) is -1.64. The van der Waals surface area contributed by atoms with Crippen LogP contribution in [0.5, 0.6) is 5.75 Å². The molecule has 0 atom stereocenters. The number of aryl methyl sites for hydroxylation is 1. The van der Waals surface area contributed by atoms with Gasteiger partial charge in [0.15, 0.2) is 11.8 Å². The highest BCUT2D eigenvalue weighted by molar-refractivity contribution is 6.05. The second-order valence-electron chi connectivity index (χ2n) is 5.61. The fourth-order valence-corrected chi connectivity index (χ4v) is 2.39. The Morgan fingerprint density at radius 1 is 1.37 bits per heavy atom. The summed E-state index contributed by atoms with van der Waals surface area (Å²) >= 11 is 0. The minimum Gasteiger partial charge on any atom is -0.502 e. The van der Waals surface area contributed by atoms with Crippen molar-refractivity contribution >= 4 is 17.4 Å². The molecular formula is C18H13FN5O3+. The molecule has 1 amide bonds. The first-order valence-electron chi connectivity index (χ1n) is 7.68. The van der Waals surface area contributed by atoms with Crippen molar-refractivity contribution in [1.82, 2.24) is 10.1 Å². The molecule has 0 spiro atoms. The number of H-pyrrole nitrogens is 1. The Kier molecular flexibility index (Phi) is 4.64. The van der Waals surface area contributed by atoms with E-state index in [0.29, 0.717) is 11.3 Å². The van der Waals surface area contributed by atoms with Crippen molar-refractivity contribution in [3.8, 4) is 11.4 Å². The number of pyridine rings is 1. The van der Waals surface area contributed by atoms with Gasteiger partial charge in [-0.2, -0.15) is 0 Å². The number of benzene rings is 1. The Morgan fingerprint density at radius 3 is 2.67 bits per heavy atom. The van der Waals surface area contributed by atoms with Gasteiger partial charge >= 0.3 is 5.56 Å². The standard InChI is InChI=1S/C18H12FN5O3/c1-10-7-13(8-21-16(10)20-2)24-9-14(25)15(18(27)23-24)17(26)22-12-5-3-11(19)4-6-12/h3-9H,1H3,(H2-,22,23,25,26,27)/p+1. The van der Waals surface area contributed by atoms with Crippen LogP contribution in [-0.4, -0.2) is 21.1 Å². The van der Waals surface area contributed by atoms with Crippen LogP contribution >= 0.6 is 0 Å². The summed E-state index contributed by atoms with van der Waals surface area (Å²) in [4.78, 5) is 31.8. The molecule has 0 fully saturated rings. The number of amides is 1. The molecule has 0 radical (unpaired) electrons. The minimum absolute atomic E-state index is 0.223. The van der Waals surface area contributed by atoms with Crippen molar-refractivity contribution < 1.29 is 19.0 Å². The third kappa shape index (κ3) is 3.64. The summed E-state index contributed by atoms with van der Waals surface area (Å²) in [6.45, 7) is 8.69. The molecule has 0 aliphatic carbocycles. The van der Waals surface area contributed by atoms with E-state index in [2.05, 4.69) is 20.2 Å². The second-order valence-corrected chi connectivity index (χ2v) is 5.61. The molecule has 2 aromatic heterocycles. The normalized spacial score (nSPS) is 10.3. The van der Waals surface area contributed by atoms with Gasteiger partial charge in [-0.05, 0) is 36.8 Å². The molecule has 1 aromatic carbocycles. The average molecular weight is 366 g/mol. The first kappa shape index (κ1) is 17.8. The maximum atomic E-state index is 12.9. The number of aromatic hydroxyl groups is 1. The Labute approximate surface area is 152 Å². The number of carbonyl (C=O) groups excluding carboxylic acids is 1. The highest BCUT2D eigenvalue weighted by atomic mass is 19.1. The Balaban J connectivity index is 1.94. The molecule has 0 bridgehead atoms. The molecule has 3 rings (SSSR count). The predicted octanol–water partition coefficient (Wildman–Crippen LogP) is 2.00. The van der Waals surface area contributed by atoms with Crippen molar-refractivity contribution in [3.05, 3.63) is 81.4 Å². The zero-order valence-electron chi connectivity index (χ0n) is 14.0. The minimum atomic E-state index is -0.842. The molecule has 2 heterocycles. The molecule has 134 valence electrons. The van der Waals surface area contributed by atoms with E-state index in [0.717, 1.165) is 18.3 Å². The van der Waals surface area contributed by atoms with Crippen LogP contribution in [0.1, 0.15) is 15.9 Å². The van der Waals surface area contributed by atoms with Crippen LogP contribution in [0.15, 0.2) is 47.5 Å². The van der Waals surface area contributed by atoms with Gasteiger partial charge in [0.25, 0.3) is 17.4 Å². The smallest absolute Gasteiger partial charge is 0.315 e. The molecule has 0 aliphatic heterocycles. The highest BCUT2D eigenvalue weighted by Gasteiger charge is 2.23. The molecule has 3 N–H and O–H groups in total. The topological polar surface area (TPSA) is 103 Å². The number of nitrogens with one attached hydrogen (secondary N) is 2. The van der Waals surface area contributed by atoms with E-state index in [9.17, 15) is 19.1 Å². The number of carbonyl (C=O) groups is 1. The van der Waals surface area contributed by atoms with Gasteiger partial charge in [0.05, 0.1) is 0 Å². The lowest BCUT2D eigenvalue weighted by Crippen LogP contribution is -2.42.